The highest BCUT2D eigenvalue weighted by Gasteiger charge is 2.19. The first-order chi connectivity index (χ1) is 9.56. The molecule has 1 fully saturated rings. The first kappa shape index (κ1) is 14.5. The van der Waals surface area contributed by atoms with Gasteiger partial charge in [-0.3, -0.25) is 9.59 Å². The third-order valence-electron chi connectivity index (χ3n) is 3.15. The van der Waals surface area contributed by atoms with Gasteiger partial charge in [-0.05, 0) is 37.5 Å². The van der Waals surface area contributed by atoms with Crippen LogP contribution in [0.5, 0.6) is 0 Å². The average molecular weight is 280 g/mol. The van der Waals surface area contributed by atoms with E-state index in [2.05, 4.69) is 10.6 Å². The van der Waals surface area contributed by atoms with Crippen LogP contribution in [-0.2, 0) is 14.3 Å². The molecule has 0 radical (unpaired) electrons. The second-order valence-electron chi connectivity index (χ2n) is 4.76. The Morgan fingerprint density at radius 3 is 2.85 bits per heavy atom. The van der Waals surface area contributed by atoms with E-state index in [1.807, 2.05) is 0 Å². The molecule has 1 aromatic carbocycles. The lowest BCUT2D eigenvalue weighted by molar-refractivity contribution is -0.136. The van der Waals surface area contributed by atoms with Crippen molar-refractivity contribution in [2.75, 3.05) is 18.5 Å². The molecule has 0 bridgehead atoms. The van der Waals surface area contributed by atoms with Crippen molar-refractivity contribution in [2.24, 2.45) is 0 Å². The van der Waals surface area contributed by atoms with Gasteiger partial charge in [-0.15, -0.1) is 0 Å². The minimum atomic E-state index is -0.814. The zero-order chi connectivity index (χ0) is 14.5. The molecule has 0 aromatic heterocycles. The van der Waals surface area contributed by atoms with Crippen LogP contribution in [-0.4, -0.2) is 31.1 Å². The molecule has 1 atom stereocenters. The fourth-order valence-electron chi connectivity index (χ4n) is 1.95. The first-order valence-electron chi connectivity index (χ1n) is 6.53. The van der Waals surface area contributed by atoms with Crippen LogP contribution in [0.3, 0.4) is 0 Å². The highest BCUT2D eigenvalue weighted by molar-refractivity contribution is 6.39. The van der Waals surface area contributed by atoms with Gasteiger partial charge in [0, 0.05) is 18.8 Å². The molecule has 1 heterocycles. The highest BCUT2D eigenvalue weighted by atomic mass is 19.1. The predicted octanol–water partition coefficient (Wildman–Crippen LogP) is 1.37. The number of ether oxygens (including phenoxy) is 1. The second kappa shape index (κ2) is 6.47. The predicted molar refractivity (Wildman–Crippen MR) is 71.8 cm³/mol. The van der Waals surface area contributed by atoms with Gasteiger partial charge in [0.05, 0.1) is 6.10 Å². The number of carbonyl (C=O) groups is 2. The van der Waals surface area contributed by atoms with E-state index < -0.39 is 17.6 Å². The molecule has 1 aliphatic rings. The zero-order valence-corrected chi connectivity index (χ0v) is 11.2. The Morgan fingerprint density at radius 2 is 2.20 bits per heavy atom. The second-order valence-corrected chi connectivity index (χ2v) is 4.76. The Hall–Kier alpha value is -1.95. The summed E-state index contributed by atoms with van der Waals surface area (Å²) in [6, 6.07) is 4.26. The molecule has 2 amide bonds. The largest absolute Gasteiger partial charge is 0.376 e. The summed E-state index contributed by atoms with van der Waals surface area (Å²) in [4.78, 5) is 23.2. The van der Waals surface area contributed by atoms with Crippen LogP contribution in [0.25, 0.3) is 0 Å². The number of amides is 2. The van der Waals surface area contributed by atoms with E-state index in [-0.39, 0.29) is 11.8 Å². The zero-order valence-electron chi connectivity index (χ0n) is 11.2. The van der Waals surface area contributed by atoms with Gasteiger partial charge in [0.2, 0.25) is 0 Å². The number of carbonyl (C=O) groups excluding carboxylic acids is 2. The lowest BCUT2D eigenvalue weighted by atomic mass is 10.2. The van der Waals surface area contributed by atoms with Crippen molar-refractivity contribution in [1.29, 1.82) is 0 Å². The summed E-state index contributed by atoms with van der Waals surface area (Å²) in [6.07, 6.45) is 1.82. The quantitative estimate of drug-likeness (QED) is 0.822. The number of hydrogen-bond acceptors (Lipinski definition) is 3. The molecule has 1 unspecified atom stereocenters. The van der Waals surface area contributed by atoms with E-state index in [4.69, 9.17) is 4.74 Å². The Labute approximate surface area is 116 Å². The smallest absolute Gasteiger partial charge is 0.313 e. The Bertz CT molecular complexity index is 513. The van der Waals surface area contributed by atoms with Gasteiger partial charge in [0.15, 0.2) is 0 Å². The molecule has 0 aliphatic carbocycles. The van der Waals surface area contributed by atoms with Gasteiger partial charge in [0.25, 0.3) is 0 Å². The SMILES string of the molecule is Cc1ccc(NC(=O)C(=O)NCC2CCCO2)cc1F. The van der Waals surface area contributed by atoms with Crippen molar-refractivity contribution < 1.29 is 18.7 Å². The third-order valence-corrected chi connectivity index (χ3v) is 3.15. The number of benzene rings is 1. The van der Waals surface area contributed by atoms with Crippen LogP contribution >= 0.6 is 0 Å². The lowest BCUT2D eigenvalue weighted by Gasteiger charge is -2.11. The normalized spacial score (nSPS) is 17.8. The maximum atomic E-state index is 13.3. The van der Waals surface area contributed by atoms with Crippen LogP contribution in [0, 0.1) is 12.7 Å². The van der Waals surface area contributed by atoms with Crippen molar-refractivity contribution in [2.45, 2.75) is 25.9 Å². The van der Waals surface area contributed by atoms with Gasteiger partial charge >= 0.3 is 11.8 Å². The number of hydrogen-bond donors (Lipinski definition) is 2. The van der Waals surface area contributed by atoms with Crippen molar-refractivity contribution >= 4 is 17.5 Å². The number of nitrogens with one attached hydrogen (secondary N) is 2. The van der Waals surface area contributed by atoms with Gasteiger partial charge in [-0.25, -0.2) is 4.39 Å². The Morgan fingerprint density at radius 1 is 1.40 bits per heavy atom. The number of anilines is 1. The molecular weight excluding hydrogens is 263 g/mol. The summed E-state index contributed by atoms with van der Waals surface area (Å²) < 4.78 is 18.6. The first-order valence-corrected chi connectivity index (χ1v) is 6.53. The molecular formula is C14H17FN2O3. The molecule has 2 N–H and O–H groups in total. The van der Waals surface area contributed by atoms with E-state index in [1.165, 1.54) is 12.1 Å². The summed E-state index contributed by atoms with van der Waals surface area (Å²) in [5.41, 5.74) is 0.733. The molecule has 0 saturated carbocycles. The maximum Gasteiger partial charge on any atom is 0.313 e. The van der Waals surface area contributed by atoms with E-state index in [9.17, 15) is 14.0 Å². The monoisotopic (exact) mass is 280 g/mol. The molecule has 5 nitrogen and oxygen atoms in total. The van der Waals surface area contributed by atoms with Gasteiger partial charge in [-0.1, -0.05) is 6.07 Å². The standard InChI is InChI=1S/C14H17FN2O3/c1-9-4-5-10(7-12(9)15)17-14(19)13(18)16-8-11-3-2-6-20-11/h4-5,7,11H,2-3,6,8H2,1H3,(H,16,18)(H,17,19). The van der Waals surface area contributed by atoms with E-state index in [0.29, 0.717) is 18.7 Å². The molecule has 108 valence electrons. The topological polar surface area (TPSA) is 67.4 Å². The summed E-state index contributed by atoms with van der Waals surface area (Å²) in [7, 11) is 0. The summed E-state index contributed by atoms with van der Waals surface area (Å²) in [5, 5.41) is 4.85. The summed E-state index contributed by atoms with van der Waals surface area (Å²) in [5.74, 6) is -1.99. The van der Waals surface area contributed by atoms with Crippen molar-refractivity contribution in [3.05, 3.63) is 29.6 Å². The van der Waals surface area contributed by atoms with Crippen LogP contribution < -0.4 is 10.6 Å². The van der Waals surface area contributed by atoms with Crippen LogP contribution in [0.15, 0.2) is 18.2 Å². The third kappa shape index (κ3) is 3.77. The molecule has 2 rings (SSSR count). The summed E-state index contributed by atoms with van der Waals surface area (Å²) in [6.45, 7) is 2.62. The lowest BCUT2D eigenvalue weighted by Crippen LogP contribution is -2.39. The van der Waals surface area contributed by atoms with Crippen LogP contribution in [0.1, 0.15) is 18.4 Å². The van der Waals surface area contributed by atoms with Crippen LogP contribution in [0.2, 0.25) is 0 Å². The van der Waals surface area contributed by atoms with E-state index >= 15 is 0 Å². The number of aryl methyl sites for hydroxylation is 1. The van der Waals surface area contributed by atoms with Crippen molar-refractivity contribution in [3.8, 4) is 0 Å². The van der Waals surface area contributed by atoms with Crippen molar-refractivity contribution in [3.63, 3.8) is 0 Å². The highest BCUT2D eigenvalue weighted by Crippen LogP contribution is 2.13. The summed E-state index contributed by atoms with van der Waals surface area (Å²) >= 11 is 0. The fourth-order valence-corrected chi connectivity index (χ4v) is 1.95. The molecule has 1 aliphatic heterocycles. The molecule has 1 saturated heterocycles. The van der Waals surface area contributed by atoms with Crippen molar-refractivity contribution in [1.82, 2.24) is 5.32 Å². The van der Waals surface area contributed by atoms with E-state index in [1.54, 1.807) is 13.0 Å². The van der Waals surface area contributed by atoms with Gasteiger partial charge in [-0.2, -0.15) is 0 Å². The molecule has 1 aromatic rings. The van der Waals surface area contributed by atoms with Gasteiger partial charge < -0.3 is 15.4 Å². The fraction of sp³-hybridized carbons (Fsp3) is 0.429. The number of rotatable bonds is 3. The maximum absolute atomic E-state index is 13.3. The van der Waals surface area contributed by atoms with E-state index in [0.717, 1.165) is 12.8 Å². The molecule has 0 spiro atoms. The number of halogens is 1. The minimum Gasteiger partial charge on any atom is -0.376 e. The average Bonchev–Trinajstić information content (AvgIpc) is 2.93. The molecule has 20 heavy (non-hydrogen) atoms. The molecule has 6 heteroatoms. The van der Waals surface area contributed by atoms with Gasteiger partial charge in [0.1, 0.15) is 5.82 Å². The van der Waals surface area contributed by atoms with Crippen LogP contribution in [0.4, 0.5) is 10.1 Å². The minimum absolute atomic E-state index is 0.0245. The Balaban J connectivity index is 1.83. The Kier molecular flexibility index (Phi) is 4.68.